The zero-order valence-electron chi connectivity index (χ0n) is 11.0. The number of amides is 1. The van der Waals surface area contributed by atoms with E-state index in [4.69, 9.17) is 10.3 Å². The molecule has 0 aliphatic carbocycles. The van der Waals surface area contributed by atoms with E-state index in [-0.39, 0.29) is 18.1 Å². The number of phenolic OH excluding ortho intramolecular Hbond substituents is 1. The number of aromatic hydroxyl groups is 1. The van der Waals surface area contributed by atoms with Crippen molar-refractivity contribution in [3.8, 4) is 5.75 Å². The minimum absolute atomic E-state index is 0.0491. The van der Waals surface area contributed by atoms with Crippen molar-refractivity contribution in [1.82, 2.24) is 5.16 Å². The molecule has 4 N–H and O–H groups in total. The Kier molecular flexibility index (Phi) is 3.19. The third kappa shape index (κ3) is 2.64. The highest BCUT2D eigenvalue weighted by Gasteiger charge is 2.13. The van der Waals surface area contributed by atoms with Gasteiger partial charge >= 0.3 is 0 Å². The molecule has 0 saturated heterocycles. The Morgan fingerprint density at radius 2 is 2.10 bits per heavy atom. The van der Waals surface area contributed by atoms with Gasteiger partial charge in [-0.25, -0.2) is 0 Å². The largest absolute Gasteiger partial charge is 0.508 e. The van der Waals surface area contributed by atoms with Gasteiger partial charge in [0.2, 0.25) is 5.91 Å². The average molecular weight is 283 g/mol. The van der Waals surface area contributed by atoms with Crippen LogP contribution in [0, 0.1) is 0 Å². The Balaban J connectivity index is 1.77. The van der Waals surface area contributed by atoms with Gasteiger partial charge in [0.1, 0.15) is 11.4 Å². The second kappa shape index (κ2) is 5.16. The summed E-state index contributed by atoms with van der Waals surface area (Å²) >= 11 is 0. The fourth-order valence-electron chi connectivity index (χ4n) is 2.08. The van der Waals surface area contributed by atoms with Gasteiger partial charge in [-0.15, -0.1) is 0 Å². The molecule has 3 rings (SSSR count). The zero-order chi connectivity index (χ0) is 14.8. The molecule has 0 spiro atoms. The molecule has 0 unspecified atom stereocenters. The molecule has 0 aliphatic rings. The first kappa shape index (κ1) is 13.0. The van der Waals surface area contributed by atoms with Crippen molar-refractivity contribution in [2.45, 2.75) is 6.42 Å². The van der Waals surface area contributed by atoms with Crippen LogP contribution in [0.4, 0.5) is 11.4 Å². The second-order valence-corrected chi connectivity index (χ2v) is 4.62. The van der Waals surface area contributed by atoms with E-state index >= 15 is 0 Å². The van der Waals surface area contributed by atoms with E-state index in [0.717, 1.165) is 5.39 Å². The molecule has 0 saturated carbocycles. The van der Waals surface area contributed by atoms with E-state index in [1.54, 1.807) is 12.1 Å². The highest BCUT2D eigenvalue weighted by Crippen LogP contribution is 2.24. The number of nitrogens with zero attached hydrogens (tertiary/aromatic N) is 1. The smallest absolute Gasteiger partial charge is 0.230 e. The number of hydrogen-bond donors (Lipinski definition) is 3. The maximum atomic E-state index is 12.0. The molecule has 21 heavy (non-hydrogen) atoms. The van der Waals surface area contributed by atoms with Crippen LogP contribution in [0.25, 0.3) is 11.0 Å². The number of nitrogen functional groups attached to an aromatic ring is 1. The monoisotopic (exact) mass is 283 g/mol. The zero-order valence-corrected chi connectivity index (χ0v) is 11.0. The van der Waals surface area contributed by atoms with Crippen molar-refractivity contribution in [3.63, 3.8) is 0 Å². The summed E-state index contributed by atoms with van der Waals surface area (Å²) in [6.45, 7) is 0. The number of anilines is 2. The minimum Gasteiger partial charge on any atom is -0.508 e. The van der Waals surface area contributed by atoms with Crippen LogP contribution in [-0.4, -0.2) is 16.2 Å². The van der Waals surface area contributed by atoms with Crippen LogP contribution < -0.4 is 11.1 Å². The Bertz CT molecular complexity index is 811. The van der Waals surface area contributed by atoms with Crippen LogP contribution >= 0.6 is 0 Å². The third-order valence-electron chi connectivity index (χ3n) is 3.09. The van der Waals surface area contributed by atoms with Crippen molar-refractivity contribution in [2.75, 3.05) is 11.1 Å². The highest BCUT2D eigenvalue weighted by molar-refractivity contribution is 5.97. The summed E-state index contributed by atoms with van der Waals surface area (Å²) in [6, 6.07) is 11.7. The van der Waals surface area contributed by atoms with E-state index in [9.17, 15) is 9.90 Å². The molecule has 0 bridgehead atoms. The Labute approximate surface area is 120 Å². The molecule has 3 aromatic rings. The first-order valence-electron chi connectivity index (χ1n) is 6.35. The van der Waals surface area contributed by atoms with Gasteiger partial charge in [0.05, 0.1) is 17.8 Å². The van der Waals surface area contributed by atoms with Gasteiger partial charge in [0, 0.05) is 11.5 Å². The van der Waals surface area contributed by atoms with Crippen molar-refractivity contribution < 1.29 is 14.4 Å². The number of benzene rings is 2. The molecule has 6 heteroatoms. The van der Waals surface area contributed by atoms with Crippen LogP contribution in [0.2, 0.25) is 0 Å². The number of carbonyl (C=O) groups excluding carboxylic acids is 1. The van der Waals surface area contributed by atoms with Gasteiger partial charge in [0.25, 0.3) is 0 Å². The molecule has 0 fully saturated rings. The summed E-state index contributed by atoms with van der Waals surface area (Å²) < 4.78 is 5.15. The van der Waals surface area contributed by atoms with E-state index < -0.39 is 0 Å². The summed E-state index contributed by atoms with van der Waals surface area (Å²) in [5.74, 6) is -0.209. The Hall–Kier alpha value is -3.02. The second-order valence-electron chi connectivity index (χ2n) is 4.62. The number of aromatic nitrogens is 1. The fraction of sp³-hybridized carbons (Fsp3) is 0.0667. The van der Waals surface area contributed by atoms with Gasteiger partial charge in [0.15, 0.2) is 5.58 Å². The summed E-state index contributed by atoms with van der Waals surface area (Å²) in [4.78, 5) is 12.0. The first-order valence-corrected chi connectivity index (χ1v) is 6.35. The summed E-state index contributed by atoms with van der Waals surface area (Å²) in [5, 5.41) is 16.7. The minimum atomic E-state index is -0.258. The van der Waals surface area contributed by atoms with Gasteiger partial charge in [-0.2, -0.15) is 0 Å². The van der Waals surface area contributed by atoms with Gasteiger partial charge in [-0.1, -0.05) is 17.3 Å². The maximum Gasteiger partial charge on any atom is 0.230 e. The lowest BCUT2D eigenvalue weighted by molar-refractivity contribution is -0.115. The molecule has 1 amide bonds. The van der Waals surface area contributed by atoms with Crippen LogP contribution in [0.1, 0.15) is 5.69 Å². The standard InChI is InChI=1S/C15H13N3O3/c16-11-7-9(19)5-6-12(11)17-15(20)8-13-10-3-1-2-4-14(10)21-18-13/h1-7,19H,8,16H2,(H,17,20). The molecule has 106 valence electrons. The quantitative estimate of drug-likeness (QED) is 0.505. The van der Waals surface area contributed by atoms with E-state index in [0.29, 0.717) is 22.7 Å². The summed E-state index contributed by atoms with van der Waals surface area (Å²) in [5.41, 5.74) is 7.69. The van der Waals surface area contributed by atoms with Gasteiger partial charge < -0.3 is 20.7 Å². The van der Waals surface area contributed by atoms with Gasteiger partial charge in [-0.3, -0.25) is 4.79 Å². The predicted octanol–water partition coefficient (Wildman–Crippen LogP) is 2.30. The lowest BCUT2D eigenvalue weighted by atomic mass is 10.1. The van der Waals surface area contributed by atoms with Gasteiger partial charge in [-0.05, 0) is 24.3 Å². The van der Waals surface area contributed by atoms with E-state index in [2.05, 4.69) is 10.5 Å². The van der Waals surface area contributed by atoms with Crippen molar-refractivity contribution >= 4 is 28.3 Å². The van der Waals surface area contributed by atoms with Crippen LogP contribution in [-0.2, 0) is 11.2 Å². The van der Waals surface area contributed by atoms with Crippen LogP contribution in [0.3, 0.4) is 0 Å². The lowest BCUT2D eigenvalue weighted by Crippen LogP contribution is -2.15. The van der Waals surface area contributed by atoms with Crippen molar-refractivity contribution in [1.29, 1.82) is 0 Å². The number of phenols is 1. The van der Waals surface area contributed by atoms with E-state index in [1.165, 1.54) is 12.1 Å². The Morgan fingerprint density at radius 3 is 2.90 bits per heavy atom. The normalized spacial score (nSPS) is 10.7. The maximum absolute atomic E-state index is 12.0. The summed E-state index contributed by atoms with van der Waals surface area (Å²) in [6.07, 6.45) is 0.0807. The molecule has 1 aromatic heterocycles. The van der Waals surface area contributed by atoms with Crippen molar-refractivity contribution in [2.24, 2.45) is 0 Å². The number of carbonyl (C=O) groups is 1. The molecular weight excluding hydrogens is 270 g/mol. The topological polar surface area (TPSA) is 101 Å². The first-order chi connectivity index (χ1) is 10.1. The lowest BCUT2D eigenvalue weighted by Gasteiger charge is -2.07. The summed E-state index contributed by atoms with van der Waals surface area (Å²) in [7, 11) is 0. The van der Waals surface area contributed by atoms with Crippen LogP contribution in [0.15, 0.2) is 47.0 Å². The fourth-order valence-corrected chi connectivity index (χ4v) is 2.08. The number of nitrogens with one attached hydrogen (secondary N) is 1. The predicted molar refractivity (Wildman–Crippen MR) is 78.9 cm³/mol. The SMILES string of the molecule is Nc1cc(O)ccc1NC(=O)Cc1noc2ccccc12. The molecular formula is C15H13N3O3. The number of nitrogens with two attached hydrogens (primary N) is 1. The number of fused-ring (bicyclic) bond motifs is 1. The molecule has 0 radical (unpaired) electrons. The van der Waals surface area contributed by atoms with Crippen molar-refractivity contribution in [3.05, 3.63) is 48.2 Å². The number of para-hydroxylation sites is 1. The molecule has 0 aliphatic heterocycles. The van der Waals surface area contributed by atoms with Crippen LogP contribution in [0.5, 0.6) is 5.75 Å². The number of hydrogen-bond acceptors (Lipinski definition) is 5. The number of rotatable bonds is 3. The third-order valence-corrected chi connectivity index (χ3v) is 3.09. The molecule has 1 heterocycles. The highest BCUT2D eigenvalue weighted by atomic mass is 16.5. The van der Waals surface area contributed by atoms with E-state index in [1.807, 2.05) is 18.2 Å². The molecule has 2 aromatic carbocycles. The average Bonchev–Trinajstić information content (AvgIpc) is 2.85. The molecule has 0 atom stereocenters. The molecule has 6 nitrogen and oxygen atoms in total. The Morgan fingerprint density at radius 1 is 1.29 bits per heavy atom.